The van der Waals surface area contributed by atoms with Gasteiger partial charge in [-0.25, -0.2) is 4.79 Å². The highest BCUT2D eigenvalue weighted by Crippen LogP contribution is 1.42. The molecule has 0 aromatic heterocycles. The minimum Gasteiger partial charge on any atom is -0.450 e. The zero-order valence-electron chi connectivity index (χ0n) is 4.74. The first-order chi connectivity index (χ1) is 3.65. The molecule has 0 atom stereocenters. The number of rotatable bonds is 1. The van der Waals surface area contributed by atoms with E-state index in [1.807, 2.05) is 0 Å². The summed E-state index contributed by atoms with van der Waals surface area (Å²) < 4.78 is 0. The lowest BCUT2D eigenvalue weighted by atomic mass is 10.8. The number of hydrogen-bond acceptors (Lipinski definition) is 3. The van der Waals surface area contributed by atoms with Crippen molar-refractivity contribution < 1.29 is 25.6 Å². The predicted molar refractivity (Wildman–Crippen MR) is 30.4 cm³/mol. The Morgan fingerprint density at radius 3 is 1.56 bits per heavy atom. The van der Waals surface area contributed by atoms with Crippen molar-refractivity contribution in [2.24, 2.45) is 5.73 Å². The van der Waals surface area contributed by atoms with Crippen molar-refractivity contribution in [2.45, 2.75) is 0 Å². The molecular weight excluding hydrogens is 130 g/mol. The van der Waals surface area contributed by atoms with Crippen LogP contribution < -0.4 is 5.73 Å². The van der Waals surface area contributed by atoms with Crippen LogP contribution in [0.1, 0.15) is 0 Å². The molecule has 0 aliphatic heterocycles. The SMILES string of the molecule is NCCO.O.O=C(O)O. The minimum absolute atomic E-state index is 0. The summed E-state index contributed by atoms with van der Waals surface area (Å²) in [4.78, 5) is 8.56. The normalized spacial score (nSPS) is 6.00. The van der Waals surface area contributed by atoms with E-state index in [-0.39, 0.29) is 12.1 Å². The Labute approximate surface area is 51.8 Å². The van der Waals surface area contributed by atoms with Crippen LogP contribution in [-0.4, -0.2) is 40.1 Å². The van der Waals surface area contributed by atoms with Crippen LogP contribution in [0, 0.1) is 0 Å². The maximum Gasteiger partial charge on any atom is 0.503 e. The second-order valence-corrected chi connectivity index (χ2v) is 0.795. The Hall–Kier alpha value is -0.850. The summed E-state index contributed by atoms with van der Waals surface area (Å²) in [5.41, 5.74) is 4.78. The van der Waals surface area contributed by atoms with E-state index in [2.05, 4.69) is 0 Å². The van der Waals surface area contributed by atoms with E-state index in [1.54, 1.807) is 0 Å². The molecule has 0 rings (SSSR count). The van der Waals surface area contributed by atoms with Crippen molar-refractivity contribution in [2.75, 3.05) is 13.2 Å². The zero-order chi connectivity index (χ0) is 6.99. The van der Waals surface area contributed by atoms with E-state index in [1.165, 1.54) is 0 Å². The summed E-state index contributed by atoms with van der Waals surface area (Å²) in [6.07, 6.45) is -1.83. The Morgan fingerprint density at radius 2 is 1.56 bits per heavy atom. The van der Waals surface area contributed by atoms with E-state index in [0.29, 0.717) is 6.54 Å². The van der Waals surface area contributed by atoms with Crippen molar-refractivity contribution in [3.63, 3.8) is 0 Å². The first-order valence-corrected chi connectivity index (χ1v) is 1.88. The molecule has 0 fully saturated rings. The Balaban J connectivity index is -0.0000000720. The van der Waals surface area contributed by atoms with Crippen molar-refractivity contribution in [1.82, 2.24) is 0 Å². The molecule has 0 unspecified atom stereocenters. The topological polar surface area (TPSA) is 135 Å². The van der Waals surface area contributed by atoms with E-state index in [4.69, 9.17) is 25.8 Å². The van der Waals surface area contributed by atoms with Gasteiger partial charge < -0.3 is 26.5 Å². The molecule has 0 aliphatic carbocycles. The third kappa shape index (κ3) is 8430. The molecule has 0 aromatic carbocycles. The monoisotopic (exact) mass is 141 g/mol. The van der Waals surface area contributed by atoms with Crippen molar-refractivity contribution in [3.05, 3.63) is 0 Å². The van der Waals surface area contributed by atoms with Gasteiger partial charge in [-0.05, 0) is 0 Å². The summed E-state index contributed by atoms with van der Waals surface area (Å²) in [5.74, 6) is 0. The summed E-state index contributed by atoms with van der Waals surface area (Å²) in [6, 6.07) is 0. The third-order valence-corrected chi connectivity index (χ3v) is 0.129. The summed E-state index contributed by atoms with van der Waals surface area (Å²) in [7, 11) is 0. The zero-order valence-corrected chi connectivity index (χ0v) is 4.74. The average Bonchev–Trinajstić information content (AvgIpc) is 1.65. The lowest BCUT2D eigenvalue weighted by molar-refractivity contribution is 0.137. The molecule has 6 heteroatoms. The Morgan fingerprint density at radius 1 is 1.44 bits per heavy atom. The molecule has 0 saturated heterocycles. The van der Waals surface area contributed by atoms with Crippen LogP contribution >= 0.6 is 0 Å². The molecule has 6 nitrogen and oxygen atoms in total. The van der Waals surface area contributed by atoms with Gasteiger partial charge in [0.05, 0.1) is 6.61 Å². The average molecular weight is 141 g/mol. The van der Waals surface area contributed by atoms with E-state index in [9.17, 15) is 0 Å². The lowest BCUT2D eigenvalue weighted by Crippen LogP contribution is -2.02. The second kappa shape index (κ2) is 15.7. The quantitative estimate of drug-likeness (QED) is 0.346. The molecule has 0 heterocycles. The van der Waals surface area contributed by atoms with Gasteiger partial charge in [0.1, 0.15) is 0 Å². The largest absolute Gasteiger partial charge is 0.503 e. The van der Waals surface area contributed by atoms with Crippen molar-refractivity contribution in [1.29, 1.82) is 0 Å². The second-order valence-electron chi connectivity index (χ2n) is 0.795. The molecule has 7 N–H and O–H groups in total. The fraction of sp³-hybridized carbons (Fsp3) is 0.667. The van der Waals surface area contributed by atoms with Gasteiger partial charge >= 0.3 is 6.16 Å². The van der Waals surface area contributed by atoms with Gasteiger partial charge in [0, 0.05) is 6.54 Å². The summed E-state index contributed by atoms with van der Waals surface area (Å²) >= 11 is 0. The Bertz CT molecular complexity index is 50.2. The van der Waals surface area contributed by atoms with Gasteiger partial charge in [0.25, 0.3) is 0 Å². The maximum absolute atomic E-state index is 8.56. The fourth-order valence-corrected chi connectivity index (χ4v) is 0. The van der Waals surface area contributed by atoms with E-state index in [0.717, 1.165) is 0 Å². The number of aliphatic hydroxyl groups excluding tert-OH is 1. The maximum atomic E-state index is 8.56. The number of nitrogens with two attached hydrogens (primary N) is 1. The van der Waals surface area contributed by atoms with E-state index < -0.39 is 6.16 Å². The molecule has 9 heavy (non-hydrogen) atoms. The minimum atomic E-state index is -1.83. The van der Waals surface area contributed by atoms with Gasteiger partial charge in [-0.15, -0.1) is 0 Å². The summed E-state index contributed by atoms with van der Waals surface area (Å²) in [5, 5.41) is 21.7. The van der Waals surface area contributed by atoms with Gasteiger partial charge in [-0.1, -0.05) is 0 Å². The number of carbonyl (C=O) groups is 1. The molecule has 0 aromatic rings. The smallest absolute Gasteiger partial charge is 0.450 e. The molecular formula is C3H11NO5. The third-order valence-electron chi connectivity index (χ3n) is 0.129. The first-order valence-electron chi connectivity index (χ1n) is 1.88. The summed E-state index contributed by atoms with van der Waals surface area (Å²) in [6.45, 7) is 0.472. The fourth-order valence-electron chi connectivity index (χ4n) is 0. The van der Waals surface area contributed by atoms with Crippen molar-refractivity contribution in [3.8, 4) is 0 Å². The highest BCUT2D eigenvalue weighted by molar-refractivity contribution is 5.53. The van der Waals surface area contributed by atoms with Crippen LogP contribution in [0.15, 0.2) is 0 Å². The molecule has 0 spiro atoms. The number of carboxylic acid groups (broad SMARTS) is 2. The molecule has 0 saturated carbocycles. The van der Waals surface area contributed by atoms with Crippen LogP contribution in [0.4, 0.5) is 4.79 Å². The Kier molecular flexibility index (Phi) is 27.4. The van der Waals surface area contributed by atoms with Crippen LogP contribution in [-0.2, 0) is 0 Å². The van der Waals surface area contributed by atoms with Crippen LogP contribution in [0.5, 0.6) is 0 Å². The van der Waals surface area contributed by atoms with Gasteiger partial charge in [-0.2, -0.15) is 0 Å². The predicted octanol–water partition coefficient (Wildman–Crippen LogP) is -1.66. The standard InChI is InChI=1S/C2H7NO.CH2O3.H2O/c3-1-2-4;2-1(3)4;/h4H,1-3H2;(H2,2,3,4);1H2. The van der Waals surface area contributed by atoms with Crippen molar-refractivity contribution >= 4 is 6.16 Å². The molecule has 58 valence electrons. The highest BCUT2D eigenvalue weighted by Gasteiger charge is 1.70. The van der Waals surface area contributed by atoms with Crippen LogP contribution in [0.3, 0.4) is 0 Å². The van der Waals surface area contributed by atoms with Gasteiger partial charge in [0.2, 0.25) is 0 Å². The lowest BCUT2D eigenvalue weighted by Gasteiger charge is -1.71. The van der Waals surface area contributed by atoms with E-state index >= 15 is 0 Å². The first kappa shape index (κ1) is 15.7. The molecule has 0 radical (unpaired) electrons. The van der Waals surface area contributed by atoms with Crippen LogP contribution in [0.25, 0.3) is 0 Å². The number of aliphatic hydroxyl groups is 1. The van der Waals surface area contributed by atoms with Crippen LogP contribution in [0.2, 0.25) is 0 Å². The molecule has 0 amide bonds. The highest BCUT2D eigenvalue weighted by atomic mass is 16.6. The molecule has 0 aliphatic rings. The number of hydrogen-bond donors (Lipinski definition) is 4. The molecule has 0 bridgehead atoms. The van der Waals surface area contributed by atoms with Gasteiger partial charge in [-0.3, -0.25) is 0 Å². The van der Waals surface area contributed by atoms with Gasteiger partial charge in [0.15, 0.2) is 0 Å².